The minimum atomic E-state index is -0.769. The Balaban J connectivity index is 1.64. The highest BCUT2D eigenvalue weighted by Gasteiger charge is 2.20. The van der Waals surface area contributed by atoms with Crippen LogP contribution in [0.15, 0.2) is 59.3 Å². The molecule has 0 radical (unpaired) electrons. The number of halogens is 2. The van der Waals surface area contributed by atoms with Crippen molar-refractivity contribution in [1.29, 1.82) is 0 Å². The van der Waals surface area contributed by atoms with Crippen LogP contribution >= 0.6 is 35.0 Å². The zero-order chi connectivity index (χ0) is 26.2. The van der Waals surface area contributed by atoms with Crippen LogP contribution in [-0.2, 0) is 17.9 Å². The molecule has 1 atom stereocenters. The van der Waals surface area contributed by atoms with E-state index in [0.29, 0.717) is 29.1 Å². The SMILES string of the molecule is C=CCn1c(CNc2ccc(Cl)cc2)nnc1S[C@@H](C)C(=O)N/N=C\c1cc(Cl)cc([N+](=O)[O-])c1O. The van der Waals surface area contributed by atoms with Gasteiger partial charge >= 0.3 is 5.69 Å². The van der Waals surface area contributed by atoms with Crippen LogP contribution in [0.3, 0.4) is 0 Å². The van der Waals surface area contributed by atoms with Gasteiger partial charge in [-0.05, 0) is 37.3 Å². The molecule has 14 heteroatoms. The molecule has 3 aromatic rings. The van der Waals surface area contributed by atoms with Crippen molar-refractivity contribution in [3.05, 3.63) is 80.6 Å². The number of amides is 1. The Morgan fingerprint density at radius 1 is 1.31 bits per heavy atom. The van der Waals surface area contributed by atoms with Crippen molar-refractivity contribution in [2.24, 2.45) is 5.10 Å². The van der Waals surface area contributed by atoms with E-state index < -0.39 is 27.5 Å². The second-order valence-corrected chi connectivity index (χ2v) is 9.45. The fraction of sp³-hybridized carbons (Fsp3) is 0.182. The van der Waals surface area contributed by atoms with E-state index in [-0.39, 0.29) is 10.6 Å². The van der Waals surface area contributed by atoms with Crippen LogP contribution in [0.2, 0.25) is 10.0 Å². The average molecular weight is 550 g/mol. The number of aromatic nitrogens is 3. The van der Waals surface area contributed by atoms with Gasteiger partial charge in [-0.1, -0.05) is 41.0 Å². The number of hydrogen-bond acceptors (Lipinski definition) is 9. The number of nitro benzene ring substituents is 1. The Hall–Kier alpha value is -3.61. The number of nitrogens with one attached hydrogen (secondary N) is 2. The normalized spacial score (nSPS) is 11.9. The predicted molar refractivity (Wildman–Crippen MR) is 140 cm³/mol. The van der Waals surface area contributed by atoms with Crippen molar-refractivity contribution in [2.45, 2.75) is 30.4 Å². The molecule has 0 saturated carbocycles. The number of hydrogen-bond donors (Lipinski definition) is 3. The number of rotatable bonds is 11. The van der Waals surface area contributed by atoms with Gasteiger partial charge in [-0.3, -0.25) is 14.9 Å². The number of phenolic OH excluding ortho intramolecular Hbond substituents is 1. The Kier molecular flexibility index (Phi) is 9.28. The Bertz CT molecular complexity index is 1300. The number of allylic oxidation sites excluding steroid dienone is 1. The number of carbonyl (C=O) groups excluding carboxylic acids is 1. The molecule has 0 bridgehead atoms. The summed E-state index contributed by atoms with van der Waals surface area (Å²) in [6.07, 6.45) is 2.77. The summed E-state index contributed by atoms with van der Waals surface area (Å²) in [5.74, 6) is -0.417. The number of phenols is 1. The fourth-order valence-corrected chi connectivity index (χ4v) is 4.13. The second-order valence-electron chi connectivity index (χ2n) is 7.27. The van der Waals surface area contributed by atoms with Crippen molar-refractivity contribution >= 4 is 58.5 Å². The van der Waals surface area contributed by atoms with Gasteiger partial charge in [0.25, 0.3) is 5.91 Å². The first kappa shape index (κ1) is 27.0. The summed E-state index contributed by atoms with van der Waals surface area (Å²) in [5, 5.41) is 37.0. The quantitative estimate of drug-likeness (QED) is 0.103. The van der Waals surface area contributed by atoms with E-state index in [2.05, 4.69) is 32.6 Å². The van der Waals surface area contributed by atoms with Crippen LogP contribution in [0.4, 0.5) is 11.4 Å². The van der Waals surface area contributed by atoms with Crippen LogP contribution in [-0.4, -0.2) is 42.2 Å². The minimum Gasteiger partial charge on any atom is -0.502 e. The van der Waals surface area contributed by atoms with E-state index in [9.17, 15) is 20.0 Å². The third kappa shape index (κ3) is 6.97. The average Bonchev–Trinajstić information content (AvgIpc) is 3.21. The molecular weight excluding hydrogens is 529 g/mol. The lowest BCUT2D eigenvalue weighted by atomic mass is 10.2. The van der Waals surface area contributed by atoms with Gasteiger partial charge in [-0.2, -0.15) is 5.10 Å². The largest absolute Gasteiger partial charge is 0.502 e. The van der Waals surface area contributed by atoms with Crippen LogP contribution in [0.25, 0.3) is 0 Å². The first-order chi connectivity index (χ1) is 17.2. The molecule has 0 fully saturated rings. The smallest absolute Gasteiger partial charge is 0.312 e. The molecule has 36 heavy (non-hydrogen) atoms. The summed E-state index contributed by atoms with van der Waals surface area (Å²) in [6, 6.07) is 9.55. The zero-order valence-corrected chi connectivity index (χ0v) is 21.2. The van der Waals surface area contributed by atoms with Gasteiger partial charge in [0.05, 0.1) is 22.9 Å². The molecule has 0 aliphatic carbocycles. The van der Waals surface area contributed by atoms with E-state index in [0.717, 1.165) is 18.0 Å². The molecule has 3 rings (SSSR count). The van der Waals surface area contributed by atoms with Gasteiger partial charge in [0, 0.05) is 33.9 Å². The first-order valence-electron chi connectivity index (χ1n) is 10.4. The molecule has 0 aliphatic heterocycles. The Labute approximate surface area is 220 Å². The van der Waals surface area contributed by atoms with Crippen molar-refractivity contribution in [3.8, 4) is 5.75 Å². The molecule has 0 unspecified atom stereocenters. The van der Waals surface area contributed by atoms with Crippen molar-refractivity contribution in [2.75, 3.05) is 5.32 Å². The van der Waals surface area contributed by atoms with Crippen molar-refractivity contribution in [3.63, 3.8) is 0 Å². The molecule has 2 aromatic carbocycles. The number of nitrogens with zero attached hydrogens (tertiary/aromatic N) is 5. The maximum absolute atomic E-state index is 12.5. The van der Waals surface area contributed by atoms with Crippen molar-refractivity contribution < 1.29 is 14.8 Å². The summed E-state index contributed by atoms with van der Waals surface area (Å²) >= 11 is 12.9. The standard InChI is InChI=1S/C22H21Cl2N7O4S/c1-3-8-30-19(12-25-17-6-4-15(23)5-7-17)27-29-22(30)36-13(2)21(33)28-26-11-14-9-16(24)10-18(20(14)32)31(34)35/h3-7,9-11,13,25,32H,1,8,12H2,2H3,(H,28,33)/b26-11-/t13-/m0/s1. The summed E-state index contributed by atoms with van der Waals surface area (Å²) in [5.41, 5.74) is 2.62. The van der Waals surface area contributed by atoms with Gasteiger partial charge < -0.3 is 15.0 Å². The monoisotopic (exact) mass is 549 g/mol. The molecule has 1 heterocycles. The molecule has 1 amide bonds. The third-order valence-electron chi connectivity index (χ3n) is 4.71. The number of carbonyl (C=O) groups is 1. The molecule has 1 aromatic heterocycles. The van der Waals surface area contributed by atoms with Crippen LogP contribution < -0.4 is 10.7 Å². The summed E-state index contributed by atoms with van der Waals surface area (Å²) in [4.78, 5) is 22.8. The zero-order valence-electron chi connectivity index (χ0n) is 18.9. The maximum Gasteiger partial charge on any atom is 0.312 e. The van der Waals surface area contributed by atoms with Gasteiger partial charge in [-0.15, -0.1) is 16.8 Å². The third-order valence-corrected chi connectivity index (χ3v) is 6.26. The van der Waals surface area contributed by atoms with Crippen LogP contribution in [0.1, 0.15) is 18.3 Å². The Morgan fingerprint density at radius 3 is 2.69 bits per heavy atom. The number of thioether (sulfide) groups is 1. The number of nitro groups is 1. The fourth-order valence-electron chi connectivity index (χ4n) is 2.91. The highest BCUT2D eigenvalue weighted by molar-refractivity contribution is 8.00. The summed E-state index contributed by atoms with van der Waals surface area (Å²) in [7, 11) is 0. The van der Waals surface area contributed by atoms with Gasteiger partial charge in [-0.25, -0.2) is 5.43 Å². The highest BCUT2D eigenvalue weighted by Crippen LogP contribution is 2.32. The molecule has 11 nitrogen and oxygen atoms in total. The van der Waals surface area contributed by atoms with Gasteiger partial charge in [0.15, 0.2) is 11.0 Å². The lowest BCUT2D eigenvalue weighted by Crippen LogP contribution is -2.27. The van der Waals surface area contributed by atoms with E-state index >= 15 is 0 Å². The maximum atomic E-state index is 12.5. The molecule has 3 N–H and O–H groups in total. The number of benzene rings is 2. The molecular formula is C22H21Cl2N7O4S. The molecule has 0 spiro atoms. The van der Waals surface area contributed by atoms with Gasteiger partial charge in [0.1, 0.15) is 0 Å². The topological polar surface area (TPSA) is 148 Å². The highest BCUT2D eigenvalue weighted by atomic mass is 35.5. The molecule has 0 saturated heterocycles. The van der Waals surface area contributed by atoms with E-state index in [1.54, 1.807) is 25.1 Å². The van der Waals surface area contributed by atoms with Gasteiger partial charge in [0.2, 0.25) is 5.75 Å². The first-order valence-corrected chi connectivity index (χ1v) is 12.0. The summed E-state index contributed by atoms with van der Waals surface area (Å²) < 4.78 is 1.83. The number of anilines is 1. The predicted octanol–water partition coefficient (Wildman–Crippen LogP) is 4.63. The summed E-state index contributed by atoms with van der Waals surface area (Å²) in [6.45, 7) is 6.26. The molecule has 0 aliphatic rings. The van der Waals surface area contributed by atoms with E-state index in [1.807, 2.05) is 16.7 Å². The minimum absolute atomic E-state index is 0.0154. The van der Waals surface area contributed by atoms with E-state index in [1.165, 1.54) is 17.8 Å². The van der Waals surface area contributed by atoms with Crippen molar-refractivity contribution in [1.82, 2.24) is 20.2 Å². The van der Waals surface area contributed by atoms with E-state index in [4.69, 9.17) is 23.2 Å². The lowest BCUT2D eigenvalue weighted by molar-refractivity contribution is -0.385. The Morgan fingerprint density at radius 2 is 2.03 bits per heavy atom. The van der Waals surface area contributed by atoms with Crippen LogP contribution in [0.5, 0.6) is 5.75 Å². The number of aromatic hydroxyl groups is 1. The second kappa shape index (κ2) is 12.4. The van der Waals surface area contributed by atoms with Crippen LogP contribution in [0, 0.1) is 10.1 Å². The molecule has 188 valence electrons. The lowest BCUT2D eigenvalue weighted by Gasteiger charge is -2.12. The number of hydrazone groups is 1.